The Morgan fingerprint density at radius 1 is 1.26 bits per heavy atom. The summed E-state index contributed by atoms with van der Waals surface area (Å²) in [5.74, 6) is -1.19. The predicted molar refractivity (Wildman–Crippen MR) is 79.7 cm³/mol. The molecule has 0 saturated heterocycles. The van der Waals surface area contributed by atoms with E-state index in [1.54, 1.807) is 6.07 Å². The van der Waals surface area contributed by atoms with E-state index in [0.29, 0.717) is 0 Å². The molecule has 1 aromatic carbocycles. The molecule has 1 aromatic heterocycles. The predicted octanol–water partition coefficient (Wildman–Crippen LogP) is 4.55. The monoisotopic (exact) mass is 362 g/mol. The summed E-state index contributed by atoms with van der Waals surface area (Å²) >= 11 is 11.9. The van der Waals surface area contributed by atoms with Crippen molar-refractivity contribution >= 4 is 40.6 Å². The molecular formula is C14H7Cl2F3N2O2. The standard InChI is InChI=1S/C14H7Cl2F3N2O2/c15-7-2-1-3-8(16)10(7)11(22)9-4-6-12(14(17,18)19)20-5-21-13(6)23-9/h1-4,21H,5H2. The van der Waals surface area contributed by atoms with Gasteiger partial charge in [0.2, 0.25) is 11.7 Å². The number of aliphatic imine (C=N–C) groups is 1. The summed E-state index contributed by atoms with van der Waals surface area (Å²) in [6.45, 7) is -0.296. The van der Waals surface area contributed by atoms with Crippen molar-refractivity contribution in [3.05, 3.63) is 51.2 Å². The molecule has 0 fully saturated rings. The van der Waals surface area contributed by atoms with E-state index in [4.69, 9.17) is 27.6 Å². The van der Waals surface area contributed by atoms with Crippen LogP contribution in [0.4, 0.5) is 19.1 Å². The zero-order chi connectivity index (χ0) is 16.8. The van der Waals surface area contributed by atoms with E-state index in [2.05, 4.69) is 10.3 Å². The number of carbonyl (C=O) groups is 1. The van der Waals surface area contributed by atoms with Crippen LogP contribution < -0.4 is 5.32 Å². The van der Waals surface area contributed by atoms with Crippen molar-refractivity contribution in [3.8, 4) is 0 Å². The van der Waals surface area contributed by atoms with E-state index in [-0.39, 0.29) is 39.5 Å². The van der Waals surface area contributed by atoms with E-state index in [9.17, 15) is 18.0 Å². The van der Waals surface area contributed by atoms with E-state index in [1.807, 2.05) is 0 Å². The summed E-state index contributed by atoms with van der Waals surface area (Å²) in [5, 5.41) is 2.70. The number of nitrogens with one attached hydrogen (secondary N) is 1. The van der Waals surface area contributed by atoms with Crippen molar-refractivity contribution in [3.63, 3.8) is 0 Å². The molecule has 1 N–H and O–H groups in total. The molecule has 120 valence electrons. The van der Waals surface area contributed by atoms with Gasteiger partial charge in [-0.05, 0) is 18.2 Å². The smallest absolute Gasteiger partial charge is 0.433 e. The van der Waals surface area contributed by atoms with Crippen LogP contribution in [0, 0.1) is 0 Å². The third kappa shape index (κ3) is 2.82. The lowest BCUT2D eigenvalue weighted by Gasteiger charge is -2.15. The highest BCUT2D eigenvalue weighted by molar-refractivity contribution is 6.40. The molecule has 3 rings (SSSR count). The highest BCUT2D eigenvalue weighted by atomic mass is 35.5. The van der Waals surface area contributed by atoms with Crippen LogP contribution in [-0.2, 0) is 0 Å². The molecule has 1 aliphatic heterocycles. The number of nitrogens with zero attached hydrogens (tertiary/aromatic N) is 1. The van der Waals surface area contributed by atoms with Gasteiger partial charge in [-0.25, -0.2) is 0 Å². The van der Waals surface area contributed by atoms with Gasteiger partial charge in [0.1, 0.15) is 6.67 Å². The van der Waals surface area contributed by atoms with Gasteiger partial charge in [0.25, 0.3) is 0 Å². The molecule has 0 unspecified atom stereocenters. The normalized spacial score (nSPS) is 14.0. The van der Waals surface area contributed by atoms with Crippen LogP contribution in [0.25, 0.3) is 0 Å². The summed E-state index contributed by atoms with van der Waals surface area (Å²) in [6, 6.07) is 5.43. The Morgan fingerprint density at radius 3 is 2.52 bits per heavy atom. The van der Waals surface area contributed by atoms with E-state index in [1.165, 1.54) is 12.1 Å². The first-order valence-electron chi connectivity index (χ1n) is 6.27. The maximum atomic E-state index is 13.0. The van der Waals surface area contributed by atoms with Crippen molar-refractivity contribution < 1.29 is 22.4 Å². The van der Waals surface area contributed by atoms with Gasteiger partial charge in [-0.15, -0.1) is 0 Å². The summed E-state index contributed by atoms with van der Waals surface area (Å²) in [5.41, 5.74) is -1.46. The summed E-state index contributed by atoms with van der Waals surface area (Å²) < 4.78 is 44.1. The number of halogens is 5. The van der Waals surface area contributed by atoms with Gasteiger partial charge in [0, 0.05) is 0 Å². The molecular weight excluding hydrogens is 356 g/mol. The molecule has 0 spiro atoms. The average molecular weight is 363 g/mol. The summed E-state index contributed by atoms with van der Waals surface area (Å²) in [6.07, 6.45) is -4.65. The van der Waals surface area contributed by atoms with Gasteiger partial charge in [0.05, 0.1) is 21.2 Å². The molecule has 0 amide bonds. The Bertz CT molecular complexity index is 808. The second-order valence-corrected chi connectivity index (χ2v) is 5.43. The third-order valence-corrected chi connectivity index (χ3v) is 3.78. The Morgan fingerprint density at radius 2 is 1.91 bits per heavy atom. The van der Waals surface area contributed by atoms with Crippen LogP contribution in [0.15, 0.2) is 33.7 Å². The molecule has 0 aliphatic carbocycles. The van der Waals surface area contributed by atoms with Crippen molar-refractivity contribution in [1.29, 1.82) is 0 Å². The third-order valence-electron chi connectivity index (χ3n) is 3.15. The van der Waals surface area contributed by atoms with Gasteiger partial charge >= 0.3 is 6.18 Å². The topological polar surface area (TPSA) is 54.6 Å². The van der Waals surface area contributed by atoms with E-state index >= 15 is 0 Å². The molecule has 0 bridgehead atoms. The fraction of sp³-hybridized carbons (Fsp3) is 0.143. The highest BCUT2D eigenvalue weighted by Crippen LogP contribution is 2.34. The SMILES string of the molecule is O=C(c1cc2c(o1)NCN=C2C(F)(F)F)c1c(Cl)cccc1Cl. The molecule has 2 heterocycles. The highest BCUT2D eigenvalue weighted by Gasteiger charge is 2.41. The van der Waals surface area contributed by atoms with E-state index in [0.717, 1.165) is 6.07 Å². The van der Waals surface area contributed by atoms with Crippen LogP contribution >= 0.6 is 23.2 Å². The number of fused-ring (bicyclic) bond motifs is 1. The largest absolute Gasteiger partial charge is 0.436 e. The van der Waals surface area contributed by atoms with Gasteiger partial charge < -0.3 is 9.73 Å². The molecule has 2 aromatic rings. The van der Waals surface area contributed by atoms with Crippen LogP contribution in [0.1, 0.15) is 21.7 Å². The molecule has 9 heteroatoms. The van der Waals surface area contributed by atoms with E-state index < -0.39 is 17.7 Å². The fourth-order valence-electron chi connectivity index (χ4n) is 2.17. The molecule has 23 heavy (non-hydrogen) atoms. The summed E-state index contributed by atoms with van der Waals surface area (Å²) in [4.78, 5) is 15.8. The van der Waals surface area contributed by atoms with Crippen LogP contribution in [0.5, 0.6) is 0 Å². The number of hydrogen-bond donors (Lipinski definition) is 1. The number of furan rings is 1. The minimum atomic E-state index is -4.65. The molecule has 0 atom stereocenters. The maximum absolute atomic E-state index is 13.0. The number of ketones is 1. The number of anilines is 1. The number of carbonyl (C=O) groups excluding carboxylic acids is 1. The fourth-order valence-corrected chi connectivity index (χ4v) is 2.74. The lowest BCUT2D eigenvalue weighted by molar-refractivity contribution is -0.0583. The Hall–Kier alpha value is -1.99. The minimum absolute atomic E-state index is 0.0348. The van der Waals surface area contributed by atoms with Crippen molar-refractivity contribution in [2.45, 2.75) is 6.18 Å². The second kappa shape index (κ2) is 5.58. The summed E-state index contributed by atoms with van der Waals surface area (Å²) in [7, 11) is 0. The Kier molecular flexibility index (Phi) is 3.85. The quantitative estimate of drug-likeness (QED) is 0.797. The Labute approximate surface area is 137 Å². The average Bonchev–Trinajstić information content (AvgIpc) is 2.89. The first-order chi connectivity index (χ1) is 10.8. The second-order valence-electron chi connectivity index (χ2n) is 4.62. The zero-order valence-corrected chi connectivity index (χ0v) is 12.7. The van der Waals surface area contributed by atoms with Crippen LogP contribution in [0.3, 0.4) is 0 Å². The number of alkyl halides is 3. The number of rotatable bonds is 2. The van der Waals surface area contributed by atoms with Gasteiger partial charge in [-0.2, -0.15) is 13.2 Å². The molecule has 4 nitrogen and oxygen atoms in total. The van der Waals surface area contributed by atoms with Gasteiger partial charge in [-0.1, -0.05) is 29.3 Å². The first kappa shape index (κ1) is 15.9. The number of hydrogen-bond acceptors (Lipinski definition) is 4. The lowest BCUT2D eigenvalue weighted by atomic mass is 10.1. The van der Waals surface area contributed by atoms with Gasteiger partial charge in [-0.3, -0.25) is 9.79 Å². The maximum Gasteiger partial charge on any atom is 0.433 e. The Balaban J connectivity index is 2.06. The van der Waals surface area contributed by atoms with Crippen molar-refractivity contribution in [1.82, 2.24) is 0 Å². The first-order valence-corrected chi connectivity index (χ1v) is 7.03. The van der Waals surface area contributed by atoms with Gasteiger partial charge in [0.15, 0.2) is 11.5 Å². The minimum Gasteiger partial charge on any atom is -0.436 e. The van der Waals surface area contributed by atoms with Crippen LogP contribution in [0.2, 0.25) is 10.0 Å². The molecule has 0 radical (unpaired) electrons. The number of benzene rings is 1. The molecule has 0 saturated carbocycles. The lowest BCUT2D eigenvalue weighted by Crippen LogP contribution is -2.28. The zero-order valence-electron chi connectivity index (χ0n) is 11.2. The van der Waals surface area contributed by atoms with Crippen molar-refractivity contribution in [2.24, 2.45) is 4.99 Å². The molecule has 1 aliphatic rings. The van der Waals surface area contributed by atoms with Crippen LogP contribution in [-0.4, -0.2) is 24.3 Å². The van der Waals surface area contributed by atoms with Crippen molar-refractivity contribution in [2.75, 3.05) is 12.0 Å².